The molecule has 1 amide bonds. The number of hydrogen-bond acceptors (Lipinski definition) is 3. The maximum atomic E-state index is 12.2. The van der Waals surface area contributed by atoms with E-state index in [9.17, 15) is 9.00 Å². The van der Waals surface area contributed by atoms with Crippen LogP contribution < -0.4 is 10.1 Å². The monoisotopic (exact) mass is 345 g/mol. The summed E-state index contributed by atoms with van der Waals surface area (Å²) in [5.74, 6) is 1.45. The average Bonchev–Trinajstić information content (AvgIpc) is 2.61. The third-order valence-electron chi connectivity index (χ3n) is 3.70. The third-order valence-corrected chi connectivity index (χ3v) is 5.01. The summed E-state index contributed by atoms with van der Waals surface area (Å²) in [6.07, 6.45) is 0.258. The highest BCUT2D eigenvalue weighted by Crippen LogP contribution is 2.14. The van der Waals surface area contributed by atoms with E-state index in [-0.39, 0.29) is 18.4 Å². The topological polar surface area (TPSA) is 55.4 Å². The first-order chi connectivity index (χ1) is 11.6. The van der Waals surface area contributed by atoms with Gasteiger partial charge in [-0.3, -0.25) is 9.00 Å². The predicted molar refractivity (Wildman–Crippen MR) is 97.3 cm³/mol. The molecule has 0 radical (unpaired) electrons. The van der Waals surface area contributed by atoms with E-state index < -0.39 is 10.8 Å². The number of ether oxygens (including phenoxy) is 1. The van der Waals surface area contributed by atoms with Crippen LogP contribution in [0.3, 0.4) is 0 Å². The molecule has 0 fully saturated rings. The molecule has 1 N–H and O–H groups in total. The summed E-state index contributed by atoms with van der Waals surface area (Å²) < 4.78 is 17.3. The van der Waals surface area contributed by atoms with Crippen LogP contribution in [0.25, 0.3) is 0 Å². The lowest BCUT2D eigenvalue weighted by Crippen LogP contribution is -2.27. The SMILES string of the molecule is COc1cccc(C[S@](=O)CCC(=O)N[C@H](C)c2ccccc2)c1. The van der Waals surface area contributed by atoms with Gasteiger partial charge in [-0.15, -0.1) is 0 Å². The minimum absolute atomic E-state index is 0.0504. The van der Waals surface area contributed by atoms with E-state index in [0.717, 1.165) is 16.9 Å². The van der Waals surface area contributed by atoms with Crippen LogP contribution in [-0.2, 0) is 21.3 Å². The number of nitrogens with one attached hydrogen (secondary N) is 1. The van der Waals surface area contributed by atoms with Crippen LogP contribution in [0.15, 0.2) is 54.6 Å². The van der Waals surface area contributed by atoms with E-state index in [4.69, 9.17) is 4.74 Å². The Bertz CT molecular complexity index is 688. The number of methoxy groups -OCH3 is 1. The molecule has 0 saturated carbocycles. The zero-order chi connectivity index (χ0) is 17.4. The minimum atomic E-state index is -1.08. The van der Waals surface area contributed by atoms with Gasteiger partial charge in [0, 0.05) is 28.7 Å². The molecule has 0 saturated heterocycles. The van der Waals surface area contributed by atoms with Gasteiger partial charge < -0.3 is 10.1 Å². The summed E-state index contributed by atoms with van der Waals surface area (Å²) in [7, 11) is 0.528. The minimum Gasteiger partial charge on any atom is -0.497 e. The fourth-order valence-corrected chi connectivity index (χ4v) is 3.47. The Morgan fingerprint density at radius 2 is 1.92 bits per heavy atom. The molecule has 0 aliphatic rings. The zero-order valence-corrected chi connectivity index (χ0v) is 14.8. The van der Waals surface area contributed by atoms with E-state index in [1.54, 1.807) is 7.11 Å². The number of carbonyl (C=O) groups excluding carboxylic acids is 1. The Balaban J connectivity index is 1.77. The first-order valence-corrected chi connectivity index (χ1v) is 9.39. The van der Waals surface area contributed by atoms with Crippen LogP contribution in [0.4, 0.5) is 0 Å². The molecule has 128 valence electrons. The zero-order valence-electron chi connectivity index (χ0n) is 14.0. The van der Waals surface area contributed by atoms with E-state index in [1.807, 2.05) is 61.5 Å². The first-order valence-electron chi connectivity index (χ1n) is 7.90. The van der Waals surface area contributed by atoms with Crippen molar-refractivity contribution in [2.45, 2.75) is 25.1 Å². The van der Waals surface area contributed by atoms with Gasteiger partial charge in [-0.1, -0.05) is 42.5 Å². The van der Waals surface area contributed by atoms with E-state index >= 15 is 0 Å². The number of amides is 1. The van der Waals surface area contributed by atoms with Gasteiger partial charge in [-0.2, -0.15) is 0 Å². The lowest BCUT2D eigenvalue weighted by molar-refractivity contribution is -0.121. The van der Waals surface area contributed by atoms with E-state index in [0.29, 0.717) is 11.5 Å². The van der Waals surface area contributed by atoms with Crippen molar-refractivity contribution in [3.8, 4) is 5.75 Å². The molecule has 0 bridgehead atoms. The van der Waals surface area contributed by atoms with Crippen molar-refractivity contribution < 1.29 is 13.7 Å². The summed E-state index contributed by atoms with van der Waals surface area (Å²) in [6, 6.07) is 17.3. The summed E-state index contributed by atoms with van der Waals surface area (Å²) in [4.78, 5) is 12.0. The van der Waals surface area contributed by atoms with Gasteiger partial charge >= 0.3 is 0 Å². The maximum absolute atomic E-state index is 12.2. The second-order valence-corrected chi connectivity index (χ2v) is 7.17. The quantitative estimate of drug-likeness (QED) is 0.799. The Hall–Kier alpha value is -2.14. The van der Waals surface area contributed by atoms with Crippen LogP contribution in [0.1, 0.15) is 30.5 Å². The Kier molecular flexibility index (Phi) is 7.00. The summed E-state index contributed by atoms with van der Waals surface area (Å²) in [5, 5.41) is 2.94. The normalized spacial score (nSPS) is 13.1. The van der Waals surface area contributed by atoms with Gasteiger partial charge in [0.25, 0.3) is 0 Å². The molecule has 2 aromatic carbocycles. The fraction of sp³-hybridized carbons (Fsp3) is 0.316. The predicted octanol–water partition coefficient (Wildman–Crippen LogP) is 3.21. The molecule has 24 heavy (non-hydrogen) atoms. The third kappa shape index (κ3) is 5.81. The Morgan fingerprint density at radius 3 is 2.62 bits per heavy atom. The van der Waals surface area contributed by atoms with Crippen molar-refractivity contribution >= 4 is 16.7 Å². The molecule has 5 heteroatoms. The molecular weight excluding hydrogens is 322 g/mol. The van der Waals surface area contributed by atoms with Gasteiger partial charge in [-0.05, 0) is 30.2 Å². The molecular formula is C19H23NO3S. The number of rotatable bonds is 8. The van der Waals surface area contributed by atoms with Gasteiger partial charge in [0.05, 0.1) is 13.2 Å². The first kappa shape index (κ1) is 18.2. The molecule has 0 aromatic heterocycles. The van der Waals surface area contributed by atoms with Crippen molar-refractivity contribution in [1.82, 2.24) is 5.32 Å². The molecule has 2 rings (SSSR count). The average molecular weight is 345 g/mol. The highest BCUT2D eigenvalue weighted by Gasteiger charge is 2.11. The Morgan fingerprint density at radius 1 is 1.17 bits per heavy atom. The van der Waals surface area contributed by atoms with E-state index in [2.05, 4.69) is 5.32 Å². The second-order valence-electron chi connectivity index (χ2n) is 5.59. The van der Waals surface area contributed by atoms with Crippen LogP contribution in [-0.4, -0.2) is 23.0 Å². The van der Waals surface area contributed by atoms with Crippen LogP contribution in [0.2, 0.25) is 0 Å². The molecule has 2 aromatic rings. The Labute approximate surface area is 145 Å². The van der Waals surface area contributed by atoms with Gasteiger partial charge in [0.15, 0.2) is 0 Å². The molecule has 0 aliphatic heterocycles. The second kappa shape index (κ2) is 9.23. The molecule has 0 aliphatic carbocycles. The molecule has 2 atom stereocenters. The lowest BCUT2D eigenvalue weighted by Gasteiger charge is -2.14. The molecule has 0 spiro atoms. The van der Waals surface area contributed by atoms with Crippen molar-refractivity contribution in [3.63, 3.8) is 0 Å². The number of hydrogen-bond donors (Lipinski definition) is 1. The van der Waals surface area contributed by atoms with Crippen molar-refractivity contribution in [3.05, 3.63) is 65.7 Å². The number of carbonyl (C=O) groups is 1. The van der Waals surface area contributed by atoms with Crippen LogP contribution >= 0.6 is 0 Å². The smallest absolute Gasteiger partial charge is 0.221 e. The van der Waals surface area contributed by atoms with E-state index in [1.165, 1.54) is 0 Å². The van der Waals surface area contributed by atoms with Crippen molar-refractivity contribution in [2.24, 2.45) is 0 Å². The molecule has 0 unspecified atom stereocenters. The van der Waals surface area contributed by atoms with Crippen LogP contribution in [0.5, 0.6) is 5.75 Å². The maximum Gasteiger partial charge on any atom is 0.221 e. The van der Waals surface area contributed by atoms with Crippen molar-refractivity contribution in [1.29, 1.82) is 0 Å². The summed E-state index contributed by atoms with van der Waals surface area (Å²) >= 11 is 0. The largest absolute Gasteiger partial charge is 0.497 e. The summed E-state index contributed by atoms with van der Waals surface area (Å²) in [5.41, 5.74) is 2.01. The highest BCUT2D eigenvalue weighted by atomic mass is 32.2. The van der Waals surface area contributed by atoms with Gasteiger partial charge in [0.1, 0.15) is 5.75 Å². The summed E-state index contributed by atoms with van der Waals surface area (Å²) in [6.45, 7) is 1.94. The molecule has 0 heterocycles. The standard InChI is InChI=1S/C19H23NO3S/c1-15(17-8-4-3-5-9-17)20-19(21)11-12-24(22)14-16-7-6-10-18(13-16)23-2/h3-10,13,15H,11-12,14H2,1-2H3,(H,20,21)/t15-,24-/m1/s1. The highest BCUT2D eigenvalue weighted by molar-refractivity contribution is 7.84. The van der Waals surface area contributed by atoms with Crippen molar-refractivity contribution in [2.75, 3.05) is 12.9 Å². The fourth-order valence-electron chi connectivity index (χ4n) is 2.37. The van der Waals surface area contributed by atoms with Gasteiger partial charge in [-0.25, -0.2) is 0 Å². The molecule has 4 nitrogen and oxygen atoms in total. The lowest BCUT2D eigenvalue weighted by atomic mass is 10.1. The van der Waals surface area contributed by atoms with Crippen LogP contribution in [0, 0.1) is 0 Å². The number of benzene rings is 2. The van der Waals surface area contributed by atoms with Gasteiger partial charge in [0.2, 0.25) is 5.91 Å².